The molecular formula is C14H32N2. The van der Waals surface area contributed by atoms with Gasteiger partial charge in [0.25, 0.3) is 0 Å². The van der Waals surface area contributed by atoms with Crippen LogP contribution in [0.1, 0.15) is 53.4 Å². The highest BCUT2D eigenvalue weighted by Crippen LogP contribution is 2.11. The van der Waals surface area contributed by atoms with E-state index in [1.807, 2.05) is 0 Å². The van der Waals surface area contributed by atoms with Gasteiger partial charge < -0.3 is 10.6 Å². The minimum absolute atomic E-state index is 0.366. The van der Waals surface area contributed by atoms with E-state index in [0.717, 1.165) is 11.8 Å². The first kappa shape index (κ1) is 15.9. The van der Waals surface area contributed by atoms with E-state index in [9.17, 15) is 0 Å². The van der Waals surface area contributed by atoms with Crippen LogP contribution in [0.2, 0.25) is 0 Å². The van der Waals surface area contributed by atoms with E-state index in [1.54, 1.807) is 0 Å². The lowest BCUT2D eigenvalue weighted by Crippen LogP contribution is -2.29. The highest BCUT2D eigenvalue weighted by molar-refractivity contribution is 4.63. The van der Waals surface area contributed by atoms with Crippen molar-refractivity contribution in [2.24, 2.45) is 17.6 Å². The minimum Gasteiger partial charge on any atom is -0.328 e. The Balaban J connectivity index is 3.57. The van der Waals surface area contributed by atoms with Gasteiger partial charge in [0.15, 0.2) is 0 Å². The van der Waals surface area contributed by atoms with Crippen LogP contribution in [-0.4, -0.2) is 31.1 Å². The van der Waals surface area contributed by atoms with Crippen molar-refractivity contribution in [2.75, 3.05) is 20.1 Å². The summed E-state index contributed by atoms with van der Waals surface area (Å²) in [4.78, 5) is 2.48. The SMILES string of the molecule is CCC(C)CN(C)CC(C)CCCC(C)N. The van der Waals surface area contributed by atoms with Crippen LogP contribution in [0.15, 0.2) is 0 Å². The third kappa shape index (κ3) is 9.17. The molecule has 0 fully saturated rings. The van der Waals surface area contributed by atoms with E-state index in [1.165, 1.54) is 38.8 Å². The van der Waals surface area contributed by atoms with Crippen molar-refractivity contribution in [3.8, 4) is 0 Å². The van der Waals surface area contributed by atoms with E-state index in [0.29, 0.717) is 6.04 Å². The Kier molecular flexibility index (Phi) is 8.96. The predicted octanol–water partition coefficient (Wildman–Crippen LogP) is 3.12. The normalized spacial score (nSPS) is 17.4. The molecule has 0 amide bonds. The molecule has 0 radical (unpaired) electrons. The zero-order valence-corrected chi connectivity index (χ0v) is 12.0. The molecule has 0 spiro atoms. The smallest absolute Gasteiger partial charge is 0.00104 e. The number of nitrogens with zero attached hydrogens (tertiary/aromatic N) is 1. The summed E-state index contributed by atoms with van der Waals surface area (Å²) in [5.74, 6) is 1.62. The molecule has 16 heavy (non-hydrogen) atoms. The van der Waals surface area contributed by atoms with Crippen LogP contribution >= 0.6 is 0 Å². The molecule has 3 atom stereocenters. The first-order valence-electron chi connectivity index (χ1n) is 6.89. The molecule has 2 nitrogen and oxygen atoms in total. The van der Waals surface area contributed by atoms with Gasteiger partial charge in [0.2, 0.25) is 0 Å². The van der Waals surface area contributed by atoms with Crippen molar-refractivity contribution < 1.29 is 0 Å². The number of hydrogen-bond donors (Lipinski definition) is 1. The molecule has 0 aliphatic rings. The Bertz CT molecular complexity index is 157. The molecule has 0 aromatic heterocycles. The van der Waals surface area contributed by atoms with Crippen LogP contribution in [0.3, 0.4) is 0 Å². The molecule has 0 aromatic rings. The van der Waals surface area contributed by atoms with Crippen LogP contribution in [0.5, 0.6) is 0 Å². The molecule has 98 valence electrons. The van der Waals surface area contributed by atoms with Gasteiger partial charge >= 0.3 is 0 Å². The molecule has 0 saturated carbocycles. The van der Waals surface area contributed by atoms with Crippen molar-refractivity contribution >= 4 is 0 Å². The first-order chi connectivity index (χ1) is 7.45. The Morgan fingerprint density at radius 3 is 2.06 bits per heavy atom. The van der Waals surface area contributed by atoms with Crippen molar-refractivity contribution in [3.63, 3.8) is 0 Å². The first-order valence-corrected chi connectivity index (χ1v) is 6.89. The predicted molar refractivity (Wildman–Crippen MR) is 73.6 cm³/mol. The molecule has 0 rings (SSSR count). The van der Waals surface area contributed by atoms with E-state index in [4.69, 9.17) is 5.73 Å². The molecule has 0 bridgehead atoms. The summed E-state index contributed by atoms with van der Waals surface area (Å²) < 4.78 is 0. The van der Waals surface area contributed by atoms with Crippen LogP contribution in [0, 0.1) is 11.8 Å². The van der Waals surface area contributed by atoms with Crippen LogP contribution in [0.4, 0.5) is 0 Å². The van der Waals surface area contributed by atoms with Gasteiger partial charge in [-0.15, -0.1) is 0 Å². The summed E-state index contributed by atoms with van der Waals surface area (Å²) in [6.07, 6.45) is 5.03. The molecule has 0 aliphatic heterocycles. The second-order valence-corrected chi connectivity index (χ2v) is 5.75. The second kappa shape index (κ2) is 9.00. The summed E-state index contributed by atoms with van der Waals surface area (Å²) in [6.45, 7) is 11.5. The van der Waals surface area contributed by atoms with Crippen molar-refractivity contribution in [1.29, 1.82) is 0 Å². The summed E-state index contributed by atoms with van der Waals surface area (Å²) in [5.41, 5.74) is 5.75. The lowest BCUT2D eigenvalue weighted by molar-refractivity contribution is 0.240. The van der Waals surface area contributed by atoms with Gasteiger partial charge in [0, 0.05) is 19.1 Å². The summed E-state index contributed by atoms with van der Waals surface area (Å²) >= 11 is 0. The van der Waals surface area contributed by atoms with Gasteiger partial charge in [-0.3, -0.25) is 0 Å². The quantitative estimate of drug-likeness (QED) is 0.657. The van der Waals surface area contributed by atoms with E-state index >= 15 is 0 Å². The Morgan fingerprint density at radius 2 is 1.56 bits per heavy atom. The van der Waals surface area contributed by atoms with E-state index < -0.39 is 0 Å². The molecule has 2 heteroatoms. The number of rotatable bonds is 9. The van der Waals surface area contributed by atoms with Gasteiger partial charge in [0.1, 0.15) is 0 Å². The number of nitrogens with two attached hydrogens (primary N) is 1. The third-order valence-corrected chi connectivity index (χ3v) is 3.30. The van der Waals surface area contributed by atoms with Crippen LogP contribution in [-0.2, 0) is 0 Å². The largest absolute Gasteiger partial charge is 0.328 e. The third-order valence-electron chi connectivity index (χ3n) is 3.30. The van der Waals surface area contributed by atoms with Crippen molar-refractivity contribution in [1.82, 2.24) is 4.90 Å². The fourth-order valence-electron chi connectivity index (χ4n) is 2.15. The van der Waals surface area contributed by atoms with Gasteiger partial charge in [-0.05, 0) is 38.6 Å². The zero-order valence-electron chi connectivity index (χ0n) is 12.0. The van der Waals surface area contributed by atoms with Crippen LogP contribution in [0.25, 0.3) is 0 Å². The summed E-state index contributed by atoms with van der Waals surface area (Å²) in [5, 5.41) is 0. The van der Waals surface area contributed by atoms with Crippen molar-refractivity contribution in [3.05, 3.63) is 0 Å². The standard InChI is InChI=1S/C14H32N2/c1-6-12(2)10-16(5)11-13(3)8-7-9-14(4)15/h12-14H,6-11,15H2,1-5H3. The average molecular weight is 228 g/mol. The molecular weight excluding hydrogens is 196 g/mol. The zero-order chi connectivity index (χ0) is 12.6. The maximum absolute atomic E-state index is 5.75. The maximum Gasteiger partial charge on any atom is 0.00104 e. The fraction of sp³-hybridized carbons (Fsp3) is 1.00. The Hall–Kier alpha value is -0.0800. The molecule has 0 saturated heterocycles. The molecule has 2 N–H and O–H groups in total. The highest BCUT2D eigenvalue weighted by Gasteiger charge is 2.09. The average Bonchev–Trinajstić information content (AvgIpc) is 2.16. The minimum atomic E-state index is 0.366. The monoisotopic (exact) mass is 228 g/mol. The lowest BCUT2D eigenvalue weighted by Gasteiger charge is -2.24. The van der Waals surface area contributed by atoms with E-state index in [-0.39, 0.29) is 0 Å². The van der Waals surface area contributed by atoms with Gasteiger partial charge in [0.05, 0.1) is 0 Å². The topological polar surface area (TPSA) is 29.3 Å². The van der Waals surface area contributed by atoms with Gasteiger partial charge in [-0.2, -0.15) is 0 Å². The number of hydrogen-bond acceptors (Lipinski definition) is 2. The van der Waals surface area contributed by atoms with Crippen LogP contribution < -0.4 is 5.73 Å². The molecule has 3 unspecified atom stereocenters. The fourth-order valence-corrected chi connectivity index (χ4v) is 2.15. The Morgan fingerprint density at radius 1 is 1.00 bits per heavy atom. The highest BCUT2D eigenvalue weighted by atomic mass is 15.1. The molecule has 0 heterocycles. The van der Waals surface area contributed by atoms with E-state index in [2.05, 4.69) is 39.6 Å². The second-order valence-electron chi connectivity index (χ2n) is 5.75. The summed E-state index contributed by atoms with van der Waals surface area (Å²) in [7, 11) is 2.24. The maximum atomic E-state index is 5.75. The van der Waals surface area contributed by atoms with Crippen molar-refractivity contribution in [2.45, 2.75) is 59.4 Å². The van der Waals surface area contributed by atoms with Gasteiger partial charge in [-0.1, -0.05) is 33.6 Å². The van der Waals surface area contributed by atoms with Gasteiger partial charge in [-0.25, -0.2) is 0 Å². The molecule has 0 aromatic carbocycles. The summed E-state index contributed by atoms with van der Waals surface area (Å²) in [6, 6.07) is 0.366. The lowest BCUT2D eigenvalue weighted by atomic mass is 10.0. The Labute approximate surface area is 103 Å². The molecule has 0 aliphatic carbocycles.